The fourth-order valence-corrected chi connectivity index (χ4v) is 1.42. The molecule has 0 aliphatic rings. The third-order valence-corrected chi connectivity index (χ3v) is 2.17. The molecule has 6 nitrogen and oxygen atoms in total. The van der Waals surface area contributed by atoms with Crippen LogP contribution in [0.2, 0.25) is 0 Å². The van der Waals surface area contributed by atoms with Crippen molar-refractivity contribution in [2.75, 3.05) is 5.73 Å². The number of hydrogen-bond acceptors (Lipinski definition) is 4. The van der Waals surface area contributed by atoms with E-state index in [2.05, 4.69) is 9.97 Å². The summed E-state index contributed by atoms with van der Waals surface area (Å²) >= 11 is 0. The Labute approximate surface area is 91.4 Å². The summed E-state index contributed by atoms with van der Waals surface area (Å²) in [5.74, 6) is -0.0839. The second kappa shape index (κ2) is 3.65. The minimum Gasteiger partial charge on any atom is -0.478 e. The van der Waals surface area contributed by atoms with Crippen molar-refractivity contribution in [3.63, 3.8) is 0 Å². The van der Waals surface area contributed by atoms with Gasteiger partial charge in [-0.25, -0.2) is 14.8 Å². The Kier molecular flexibility index (Phi) is 2.32. The van der Waals surface area contributed by atoms with Crippen LogP contribution in [0.1, 0.15) is 16.2 Å². The van der Waals surface area contributed by atoms with Gasteiger partial charge in [-0.2, -0.15) is 0 Å². The number of aromatic carboxylic acids is 1. The van der Waals surface area contributed by atoms with Crippen molar-refractivity contribution in [1.29, 1.82) is 0 Å². The lowest BCUT2D eigenvalue weighted by atomic mass is 10.2. The standard InChI is InChI=1S/C10H10N4O2/c1-6-12-2-3-14(6)9-8(10(15)16)4-7(11)5-13-9/h2-5H,11H2,1H3,(H,15,16). The number of aryl methyl sites for hydroxylation is 1. The van der Waals surface area contributed by atoms with Crippen LogP contribution in [0.3, 0.4) is 0 Å². The second-order valence-electron chi connectivity index (χ2n) is 3.29. The first-order valence-corrected chi connectivity index (χ1v) is 4.58. The van der Waals surface area contributed by atoms with E-state index in [0.29, 0.717) is 17.3 Å². The van der Waals surface area contributed by atoms with Crippen molar-refractivity contribution in [3.05, 3.63) is 36.0 Å². The summed E-state index contributed by atoms with van der Waals surface area (Å²) in [6, 6.07) is 1.38. The first kappa shape index (κ1) is 10.2. The van der Waals surface area contributed by atoms with E-state index in [-0.39, 0.29) is 5.56 Å². The highest BCUT2D eigenvalue weighted by Gasteiger charge is 2.14. The maximum absolute atomic E-state index is 11.1. The lowest BCUT2D eigenvalue weighted by Crippen LogP contribution is -2.09. The summed E-state index contributed by atoms with van der Waals surface area (Å²) in [6.45, 7) is 1.77. The molecule has 0 amide bonds. The van der Waals surface area contributed by atoms with Crippen molar-refractivity contribution in [2.24, 2.45) is 0 Å². The minimum atomic E-state index is -1.07. The Hall–Kier alpha value is -2.37. The molecule has 0 unspecified atom stereocenters. The van der Waals surface area contributed by atoms with Crippen LogP contribution in [0.5, 0.6) is 0 Å². The predicted molar refractivity (Wildman–Crippen MR) is 57.5 cm³/mol. The Balaban J connectivity index is 2.65. The van der Waals surface area contributed by atoms with Gasteiger partial charge in [0.25, 0.3) is 0 Å². The highest BCUT2D eigenvalue weighted by molar-refractivity contribution is 5.92. The molecule has 16 heavy (non-hydrogen) atoms. The number of carboxylic acid groups (broad SMARTS) is 1. The zero-order chi connectivity index (χ0) is 11.7. The van der Waals surface area contributed by atoms with Crippen molar-refractivity contribution in [3.8, 4) is 5.82 Å². The molecule has 3 N–H and O–H groups in total. The summed E-state index contributed by atoms with van der Waals surface area (Å²) < 4.78 is 1.60. The van der Waals surface area contributed by atoms with Gasteiger partial charge in [-0.05, 0) is 13.0 Å². The smallest absolute Gasteiger partial charge is 0.339 e. The van der Waals surface area contributed by atoms with Gasteiger partial charge in [0.2, 0.25) is 0 Å². The lowest BCUT2D eigenvalue weighted by molar-refractivity contribution is 0.0696. The Bertz CT molecular complexity index is 548. The van der Waals surface area contributed by atoms with Crippen LogP contribution in [0.4, 0.5) is 5.69 Å². The largest absolute Gasteiger partial charge is 0.478 e. The number of anilines is 1. The summed E-state index contributed by atoms with van der Waals surface area (Å²) in [5, 5.41) is 9.05. The second-order valence-corrected chi connectivity index (χ2v) is 3.29. The van der Waals surface area contributed by atoms with Crippen molar-refractivity contribution < 1.29 is 9.90 Å². The maximum Gasteiger partial charge on any atom is 0.339 e. The van der Waals surface area contributed by atoms with Crippen LogP contribution in [0.15, 0.2) is 24.7 Å². The maximum atomic E-state index is 11.1. The van der Waals surface area contributed by atoms with Crippen molar-refractivity contribution >= 4 is 11.7 Å². The summed E-state index contributed by atoms with van der Waals surface area (Å²) in [4.78, 5) is 19.1. The summed E-state index contributed by atoms with van der Waals surface area (Å²) in [7, 11) is 0. The van der Waals surface area contributed by atoms with E-state index in [4.69, 9.17) is 10.8 Å². The Morgan fingerprint density at radius 2 is 2.25 bits per heavy atom. The highest BCUT2D eigenvalue weighted by atomic mass is 16.4. The molecule has 6 heteroatoms. The van der Waals surface area contributed by atoms with Crippen LogP contribution in [0, 0.1) is 6.92 Å². The number of carboxylic acids is 1. The quantitative estimate of drug-likeness (QED) is 0.779. The van der Waals surface area contributed by atoms with Crippen LogP contribution >= 0.6 is 0 Å². The topological polar surface area (TPSA) is 94.0 Å². The fraction of sp³-hybridized carbons (Fsp3) is 0.100. The van der Waals surface area contributed by atoms with E-state index >= 15 is 0 Å². The average molecular weight is 218 g/mol. The molecule has 0 atom stereocenters. The van der Waals surface area contributed by atoms with Gasteiger partial charge in [-0.1, -0.05) is 0 Å². The van der Waals surface area contributed by atoms with Crippen LogP contribution in [-0.4, -0.2) is 25.6 Å². The monoisotopic (exact) mass is 218 g/mol. The molecule has 82 valence electrons. The molecule has 2 heterocycles. The minimum absolute atomic E-state index is 0.0566. The van der Waals surface area contributed by atoms with Gasteiger partial charge in [-0.3, -0.25) is 4.57 Å². The normalized spacial score (nSPS) is 10.3. The molecule has 0 bridgehead atoms. The summed E-state index contributed by atoms with van der Waals surface area (Å²) in [6.07, 6.45) is 4.65. The molecule has 0 spiro atoms. The molecule has 2 aromatic rings. The molecular formula is C10H10N4O2. The lowest BCUT2D eigenvalue weighted by Gasteiger charge is -2.07. The predicted octanol–water partition coefficient (Wildman–Crippen LogP) is 0.856. The summed E-state index contributed by atoms with van der Waals surface area (Å²) in [5.41, 5.74) is 5.88. The Morgan fingerprint density at radius 1 is 1.50 bits per heavy atom. The van der Waals surface area contributed by atoms with Crippen LogP contribution < -0.4 is 5.73 Å². The molecule has 0 saturated heterocycles. The van der Waals surface area contributed by atoms with Crippen molar-refractivity contribution in [2.45, 2.75) is 6.92 Å². The number of pyridine rings is 1. The number of nitrogens with zero attached hydrogens (tertiary/aromatic N) is 3. The number of aromatic nitrogens is 3. The molecule has 0 aromatic carbocycles. The van der Waals surface area contributed by atoms with E-state index in [9.17, 15) is 4.79 Å². The molecular weight excluding hydrogens is 208 g/mol. The number of hydrogen-bond donors (Lipinski definition) is 2. The van der Waals surface area contributed by atoms with E-state index in [1.165, 1.54) is 12.3 Å². The van der Waals surface area contributed by atoms with Crippen LogP contribution in [-0.2, 0) is 0 Å². The van der Waals surface area contributed by atoms with E-state index in [0.717, 1.165) is 0 Å². The number of nitrogens with two attached hydrogens (primary N) is 1. The van der Waals surface area contributed by atoms with Crippen LogP contribution in [0.25, 0.3) is 5.82 Å². The first-order valence-electron chi connectivity index (χ1n) is 4.58. The molecule has 0 radical (unpaired) electrons. The zero-order valence-electron chi connectivity index (χ0n) is 8.58. The number of rotatable bonds is 2. The number of carbonyl (C=O) groups is 1. The SMILES string of the molecule is Cc1nccn1-c1ncc(N)cc1C(=O)O. The third-order valence-electron chi connectivity index (χ3n) is 2.17. The Morgan fingerprint density at radius 3 is 2.81 bits per heavy atom. The van der Waals surface area contributed by atoms with E-state index < -0.39 is 5.97 Å². The molecule has 0 saturated carbocycles. The number of nitrogen functional groups attached to an aromatic ring is 1. The van der Waals surface area contributed by atoms with E-state index in [1.807, 2.05) is 0 Å². The van der Waals surface area contributed by atoms with Gasteiger partial charge in [0.1, 0.15) is 11.4 Å². The molecule has 2 rings (SSSR count). The van der Waals surface area contributed by atoms with Gasteiger partial charge >= 0.3 is 5.97 Å². The molecule has 0 aliphatic carbocycles. The fourth-order valence-electron chi connectivity index (χ4n) is 1.42. The highest BCUT2D eigenvalue weighted by Crippen LogP contribution is 2.16. The average Bonchev–Trinajstić information content (AvgIpc) is 2.64. The van der Waals surface area contributed by atoms with Crippen molar-refractivity contribution in [1.82, 2.24) is 14.5 Å². The van der Waals surface area contributed by atoms with Gasteiger partial charge < -0.3 is 10.8 Å². The number of imidazole rings is 1. The first-order chi connectivity index (χ1) is 7.59. The third kappa shape index (κ3) is 1.60. The molecule has 0 fully saturated rings. The van der Waals surface area contributed by atoms with Gasteiger partial charge in [0, 0.05) is 12.4 Å². The van der Waals surface area contributed by atoms with Gasteiger partial charge in [-0.15, -0.1) is 0 Å². The molecule has 0 aliphatic heterocycles. The van der Waals surface area contributed by atoms with Gasteiger partial charge in [0.15, 0.2) is 5.82 Å². The zero-order valence-corrected chi connectivity index (χ0v) is 8.58. The van der Waals surface area contributed by atoms with Gasteiger partial charge in [0.05, 0.1) is 11.9 Å². The van der Waals surface area contributed by atoms with E-state index in [1.54, 1.807) is 23.9 Å². The molecule has 2 aromatic heterocycles.